The Morgan fingerprint density at radius 3 is 2.35 bits per heavy atom. The number of carboxylic acid groups (broad SMARTS) is 1. The molecule has 5 heteroatoms. The van der Waals surface area contributed by atoms with E-state index < -0.39 is 5.97 Å². The number of hydrogen-bond donors (Lipinski definition) is 2. The van der Waals surface area contributed by atoms with Gasteiger partial charge < -0.3 is 10.4 Å². The van der Waals surface area contributed by atoms with Crippen molar-refractivity contribution in [2.24, 2.45) is 0 Å². The van der Waals surface area contributed by atoms with E-state index in [1.807, 2.05) is 50.2 Å². The molecule has 5 nitrogen and oxygen atoms in total. The summed E-state index contributed by atoms with van der Waals surface area (Å²) in [5, 5.41) is 11.3. The number of hydrogen-bond acceptors (Lipinski definition) is 3. The summed E-state index contributed by atoms with van der Waals surface area (Å²) in [6.07, 6.45) is 0.507. The second-order valence-electron chi connectivity index (χ2n) is 5.07. The van der Waals surface area contributed by atoms with Crippen LogP contribution in [0.3, 0.4) is 0 Å². The van der Waals surface area contributed by atoms with Crippen molar-refractivity contribution >= 4 is 11.9 Å². The van der Waals surface area contributed by atoms with Crippen LogP contribution in [0.15, 0.2) is 24.3 Å². The molecular formula is C15H22N2O3. The molecule has 0 saturated heterocycles. The Morgan fingerprint density at radius 2 is 1.85 bits per heavy atom. The Balaban J connectivity index is 2.64. The van der Waals surface area contributed by atoms with Crippen LogP contribution in [0.1, 0.15) is 30.0 Å². The lowest BCUT2D eigenvalue weighted by Crippen LogP contribution is -2.37. The van der Waals surface area contributed by atoms with Crippen LogP contribution in [0.2, 0.25) is 0 Å². The summed E-state index contributed by atoms with van der Waals surface area (Å²) in [7, 11) is 3.70. The summed E-state index contributed by atoms with van der Waals surface area (Å²) in [6.45, 7) is 2.38. The van der Waals surface area contributed by atoms with E-state index in [2.05, 4.69) is 5.32 Å². The topological polar surface area (TPSA) is 69.6 Å². The molecule has 1 amide bonds. The van der Waals surface area contributed by atoms with Gasteiger partial charge in [-0.05, 0) is 33.0 Å². The molecule has 1 aromatic carbocycles. The minimum Gasteiger partial charge on any atom is -0.481 e. The summed E-state index contributed by atoms with van der Waals surface area (Å²) in [6, 6.07) is 7.47. The highest BCUT2D eigenvalue weighted by atomic mass is 16.4. The van der Waals surface area contributed by atoms with Crippen molar-refractivity contribution in [1.82, 2.24) is 10.2 Å². The number of rotatable bonds is 7. The number of benzene rings is 1. The Bertz CT molecular complexity index is 455. The van der Waals surface area contributed by atoms with Crippen LogP contribution in [-0.4, -0.2) is 42.5 Å². The number of amides is 1. The smallest absolute Gasteiger partial charge is 0.303 e. The van der Waals surface area contributed by atoms with Crippen molar-refractivity contribution < 1.29 is 14.7 Å². The highest BCUT2D eigenvalue weighted by Gasteiger charge is 2.22. The number of carbonyl (C=O) groups excluding carboxylic acids is 1. The van der Waals surface area contributed by atoms with Crippen LogP contribution in [0, 0.1) is 6.92 Å². The minimum absolute atomic E-state index is 0.0669. The fraction of sp³-hybridized carbons (Fsp3) is 0.467. The number of likely N-dealkylation sites (N-methyl/N-ethyl adjacent to an activating group) is 1. The van der Waals surface area contributed by atoms with Gasteiger partial charge in [-0.25, -0.2) is 0 Å². The first kappa shape index (κ1) is 16.2. The molecule has 0 aliphatic carbocycles. The maximum atomic E-state index is 12.2. The van der Waals surface area contributed by atoms with Crippen LogP contribution in [0.25, 0.3) is 0 Å². The zero-order valence-electron chi connectivity index (χ0n) is 12.2. The molecule has 0 aliphatic heterocycles. The first-order valence-electron chi connectivity index (χ1n) is 6.64. The van der Waals surface area contributed by atoms with E-state index in [1.54, 1.807) is 0 Å². The molecule has 0 aliphatic rings. The second kappa shape index (κ2) is 7.65. The number of aliphatic carboxylic acids is 1. The van der Waals surface area contributed by atoms with E-state index >= 15 is 0 Å². The third-order valence-electron chi connectivity index (χ3n) is 3.02. The van der Waals surface area contributed by atoms with Gasteiger partial charge in [0, 0.05) is 13.0 Å². The van der Waals surface area contributed by atoms with Gasteiger partial charge in [0.2, 0.25) is 5.91 Å². The molecular weight excluding hydrogens is 256 g/mol. The van der Waals surface area contributed by atoms with Crippen molar-refractivity contribution in [2.75, 3.05) is 20.6 Å². The maximum absolute atomic E-state index is 12.2. The van der Waals surface area contributed by atoms with E-state index in [9.17, 15) is 9.59 Å². The molecule has 20 heavy (non-hydrogen) atoms. The van der Waals surface area contributed by atoms with Gasteiger partial charge in [-0.2, -0.15) is 0 Å². The van der Waals surface area contributed by atoms with E-state index in [0.29, 0.717) is 13.0 Å². The van der Waals surface area contributed by atoms with Crippen LogP contribution >= 0.6 is 0 Å². The monoisotopic (exact) mass is 278 g/mol. The third kappa shape index (κ3) is 5.01. The molecule has 110 valence electrons. The Morgan fingerprint density at radius 1 is 1.25 bits per heavy atom. The number of nitrogens with one attached hydrogen (secondary N) is 1. The molecule has 0 spiro atoms. The summed E-state index contributed by atoms with van der Waals surface area (Å²) in [5.41, 5.74) is 2.07. The van der Waals surface area contributed by atoms with Gasteiger partial charge in [0.15, 0.2) is 0 Å². The minimum atomic E-state index is -0.845. The quantitative estimate of drug-likeness (QED) is 0.743. The van der Waals surface area contributed by atoms with E-state index in [0.717, 1.165) is 11.1 Å². The van der Waals surface area contributed by atoms with Crippen LogP contribution in [0.4, 0.5) is 0 Å². The second-order valence-corrected chi connectivity index (χ2v) is 5.07. The average molecular weight is 278 g/mol. The Labute approximate surface area is 119 Å². The molecule has 0 heterocycles. The normalized spacial score (nSPS) is 12.2. The van der Waals surface area contributed by atoms with E-state index in [1.165, 1.54) is 0 Å². The highest BCUT2D eigenvalue weighted by Crippen LogP contribution is 2.18. The average Bonchev–Trinajstić information content (AvgIpc) is 2.36. The fourth-order valence-electron chi connectivity index (χ4n) is 1.98. The molecule has 1 atom stereocenters. The Kier molecular flexibility index (Phi) is 6.18. The largest absolute Gasteiger partial charge is 0.481 e. The predicted octanol–water partition coefficient (Wildman–Crippen LogP) is 1.58. The van der Waals surface area contributed by atoms with Gasteiger partial charge in [0.25, 0.3) is 0 Å². The molecule has 2 N–H and O–H groups in total. The summed E-state index contributed by atoms with van der Waals surface area (Å²) in [5.74, 6) is -0.953. The number of carboxylic acids is 1. The van der Waals surface area contributed by atoms with Crippen LogP contribution in [0.5, 0.6) is 0 Å². The van der Waals surface area contributed by atoms with Crippen molar-refractivity contribution in [3.63, 3.8) is 0 Å². The van der Waals surface area contributed by atoms with Crippen LogP contribution in [-0.2, 0) is 9.59 Å². The molecule has 0 saturated carbocycles. The lowest BCUT2D eigenvalue weighted by atomic mass is 10.0. The Hall–Kier alpha value is -1.88. The zero-order valence-corrected chi connectivity index (χ0v) is 12.2. The van der Waals surface area contributed by atoms with Crippen LogP contribution < -0.4 is 5.32 Å². The standard InChI is InChI=1S/C15H22N2O3/c1-11-6-8-12(9-7-11)14(17(2)3)15(20)16-10-4-5-13(18)19/h6-9,14H,4-5,10H2,1-3H3,(H,16,20)(H,18,19). The van der Waals surface area contributed by atoms with Crippen molar-refractivity contribution in [1.29, 1.82) is 0 Å². The van der Waals surface area contributed by atoms with Gasteiger partial charge in [-0.15, -0.1) is 0 Å². The van der Waals surface area contributed by atoms with Gasteiger partial charge in [-0.3, -0.25) is 14.5 Å². The number of nitrogens with zero attached hydrogens (tertiary/aromatic N) is 1. The van der Waals surface area contributed by atoms with Gasteiger partial charge in [-0.1, -0.05) is 29.8 Å². The zero-order chi connectivity index (χ0) is 15.1. The third-order valence-corrected chi connectivity index (χ3v) is 3.02. The summed E-state index contributed by atoms with van der Waals surface area (Å²) >= 11 is 0. The van der Waals surface area contributed by atoms with Crippen molar-refractivity contribution in [3.8, 4) is 0 Å². The lowest BCUT2D eigenvalue weighted by molar-refractivity contribution is -0.137. The van der Waals surface area contributed by atoms with Gasteiger partial charge >= 0.3 is 5.97 Å². The maximum Gasteiger partial charge on any atom is 0.303 e. The molecule has 1 rings (SSSR count). The molecule has 0 fully saturated rings. The summed E-state index contributed by atoms with van der Waals surface area (Å²) < 4.78 is 0. The number of aryl methyl sites for hydroxylation is 1. The van der Waals surface area contributed by atoms with Crippen molar-refractivity contribution in [3.05, 3.63) is 35.4 Å². The predicted molar refractivity (Wildman–Crippen MR) is 77.5 cm³/mol. The van der Waals surface area contributed by atoms with Crippen molar-refractivity contribution in [2.45, 2.75) is 25.8 Å². The highest BCUT2D eigenvalue weighted by molar-refractivity contribution is 5.83. The molecule has 1 unspecified atom stereocenters. The van der Waals surface area contributed by atoms with E-state index in [4.69, 9.17) is 5.11 Å². The molecule has 1 aromatic rings. The SMILES string of the molecule is Cc1ccc(C(C(=O)NCCCC(=O)O)N(C)C)cc1. The molecule has 0 bridgehead atoms. The van der Waals surface area contributed by atoms with Gasteiger partial charge in [0.05, 0.1) is 0 Å². The molecule has 0 radical (unpaired) electrons. The summed E-state index contributed by atoms with van der Waals surface area (Å²) in [4.78, 5) is 24.5. The number of carbonyl (C=O) groups is 2. The fourth-order valence-corrected chi connectivity index (χ4v) is 1.98. The van der Waals surface area contributed by atoms with E-state index in [-0.39, 0.29) is 18.4 Å². The lowest BCUT2D eigenvalue weighted by Gasteiger charge is -2.24. The first-order chi connectivity index (χ1) is 9.41. The van der Waals surface area contributed by atoms with Gasteiger partial charge in [0.1, 0.15) is 6.04 Å². The first-order valence-corrected chi connectivity index (χ1v) is 6.64. The molecule has 0 aromatic heterocycles.